The van der Waals surface area contributed by atoms with Gasteiger partial charge in [-0.2, -0.15) is 4.99 Å². The molecule has 8 heteroatoms. The summed E-state index contributed by atoms with van der Waals surface area (Å²) < 4.78 is 24.1. The van der Waals surface area contributed by atoms with Crippen LogP contribution in [0.3, 0.4) is 0 Å². The summed E-state index contributed by atoms with van der Waals surface area (Å²) in [7, 11) is -3.11. The molecule has 0 saturated carbocycles. The highest BCUT2D eigenvalue weighted by molar-refractivity contribution is 8.16. The first kappa shape index (κ1) is 18.1. The number of nitrogens with zero attached hydrogens (tertiary/aromatic N) is 2. The number of fused-ring (bicyclic) bond motifs is 1. The quantitative estimate of drug-likeness (QED) is 0.747. The molecule has 2 aliphatic heterocycles. The van der Waals surface area contributed by atoms with E-state index in [0.29, 0.717) is 16.4 Å². The van der Waals surface area contributed by atoms with Gasteiger partial charge in [0.1, 0.15) is 0 Å². The molecule has 0 unspecified atom stereocenters. The first-order valence-corrected chi connectivity index (χ1v) is 10.8. The molecule has 2 saturated heterocycles. The number of Topliss-reactive ketones (excluding diaryl/α,β-unsaturated/α-hetero) is 1. The molecule has 0 spiro atoms. The van der Waals surface area contributed by atoms with Crippen molar-refractivity contribution in [1.29, 1.82) is 0 Å². The Morgan fingerprint density at radius 3 is 2.64 bits per heavy atom. The van der Waals surface area contributed by atoms with Crippen LogP contribution in [0.4, 0.5) is 5.69 Å². The third kappa shape index (κ3) is 3.64. The standard InChI is InChI=1S/C17H20N2O4S2/c1-10(2)16(21)18-17-19(13-6-4-5-12(7-13)11(3)20)14-8-25(22,23)9-15(14)24-17/h4-7,10,14-15H,8-9H2,1-3H3/t14-,15-/m0/s1. The van der Waals surface area contributed by atoms with E-state index in [9.17, 15) is 18.0 Å². The van der Waals surface area contributed by atoms with E-state index < -0.39 is 9.84 Å². The van der Waals surface area contributed by atoms with Crippen molar-refractivity contribution in [1.82, 2.24) is 0 Å². The Labute approximate surface area is 151 Å². The molecule has 2 aliphatic rings. The van der Waals surface area contributed by atoms with E-state index in [-0.39, 0.29) is 40.4 Å². The normalized spacial score (nSPS) is 26.2. The molecule has 1 amide bonds. The van der Waals surface area contributed by atoms with Gasteiger partial charge in [-0.25, -0.2) is 8.42 Å². The number of hydrogen-bond donors (Lipinski definition) is 0. The number of sulfone groups is 1. The molecule has 1 aromatic carbocycles. The molecule has 0 radical (unpaired) electrons. The van der Waals surface area contributed by atoms with Gasteiger partial charge in [0.05, 0.1) is 17.5 Å². The van der Waals surface area contributed by atoms with Crippen LogP contribution in [0.1, 0.15) is 31.1 Å². The zero-order chi connectivity index (χ0) is 18.4. The lowest BCUT2D eigenvalue weighted by Crippen LogP contribution is -2.38. The van der Waals surface area contributed by atoms with Crippen LogP contribution >= 0.6 is 11.8 Å². The molecule has 25 heavy (non-hydrogen) atoms. The van der Waals surface area contributed by atoms with E-state index in [0.717, 1.165) is 0 Å². The zero-order valence-corrected chi connectivity index (χ0v) is 15.9. The predicted octanol–water partition coefficient (Wildman–Crippen LogP) is 2.15. The van der Waals surface area contributed by atoms with Crippen LogP contribution in [0.25, 0.3) is 0 Å². The lowest BCUT2D eigenvalue weighted by molar-refractivity contribution is -0.120. The van der Waals surface area contributed by atoms with Gasteiger partial charge in [0.25, 0.3) is 5.91 Å². The SMILES string of the molecule is CC(=O)c1cccc(N2C(=NC(=O)C(C)C)S[C@H]3CS(=O)(=O)C[C@@H]32)c1. The van der Waals surface area contributed by atoms with Crippen molar-refractivity contribution in [3.05, 3.63) is 29.8 Å². The number of amidine groups is 1. The molecular weight excluding hydrogens is 360 g/mol. The minimum absolute atomic E-state index is 0.0316. The summed E-state index contributed by atoms with van der Waals surface area (Å²) in [6.07, 6.45) is 0. The summed E-state index contributed by atoms with van der Waals surface area (Å²) >= 11 is 1.34. The number of aliphatic imine (C=N–C) groups is 1. The summed E-state index contributed by atoms with van der Waals surface area (Å²) in [5.41, 5.74) is 1.24. The van der Waals surface area contributed by atoms with Gasteiger partial charge >= 0.3 is 0 Å². The topological polar surface area (TPSA) is 83.9 Å². The Hall–Kier alpha value is -1.67. The molecule has 1 aromatic rings. The molecule has 0 aliphatic carbocycles. The van der Waals surface area contributed by atoms with Gasteiger partial charge in [-0.05, 0) is 19.1 Å². The number of anilines is 1. The van der Waals surface area contributed by atoms with E-state index in [1.807, 2.05) is 11.0 Å². The first-order chi connectivity index (χ1) is 11.7. The van der Waals surface area contributed by atoms with E-state index in [2.05, 4.69) is 4.99 Å². The maximum atomic E-state index is 12.1. The minimum atomic E-state index is -3.11. The van der Waals surface area contributed by atoms with Crippen LogP contribution in [-0.2, 0) is 14.6 Å². The second-order valence-electron chi connectivity index (χ2n) is 6.66. The summed E-state index contributed by atoms with van der Waals surface area (Å²) in [6.45, 7) is 5.04. The molecule has 2 fully saturated rings. The Balaban J connectivity index is 2.05. The second kappa shape index (κ2) is 6.57. The molecule has 2 atom stereocenters. The molecule has 3 rings (SSSR count). The fraction of sp³-hybridized carbons (Fsp3) is 0.471. The van der Waals surface area contributed by atoms with Crippen LogP contribution in [0.2, 0.25) is 0 Å². The van der Waals surface area contributed by atoms with E-state index in [4.69, 9.17) is 0 Å². The molecule has 0 bridgehead atoms. The average molecular weight is 380 g/mol. The fourth-order valence-electron chi connectivity index (χ4n) is 2.96. The van der Waals surface area contributed by atoms with Crippen molar-refractivity contribution >= 4 is 44.1 Å². The Bertz CT molecular complexity index is 861. The lowest BCUT2D eigenvalue weighted by Gasteiger charge is -2.25. The van der Waals surface area contributed by atoms with E-state index >= 15 is 0 Å². The Morgan fingerprint density at radius 2 is 2.00 bits per heavy atom. The Kier molecular flexibility index (Phi) is 4.76. The third-order valence-corrected chi connectivity index (χ3v) is 7.51. The maximum Gasteiger partial charge on any atom is 0.250 e. The van der Waals surface area contributed by atoms with Crippen LogP contribution in [0.15, 0.2) is 29.3 Å². The highest BCUT2D eigenvalue weighted by Crippen LogP contribution is 2.41. The monoisotopic (exact) mass is 380 g/mol. The molecule has 6 nitrogen and oxygen atoms in total. The van der Waals surface area contributed by atoms with Crippen LogP contribution in [-0.4, -0.2) is 48.1 Å². The van der Waals surface area contributed by atoms with Gasteiger partial charge in [-0.1, -0.05) is 37.7 Å². The lowest BCUT2D eigenvalue weighted by atomic mass is 10.1. The van der Waals surface area contributed by atoms with Crippen molar-refractivity contribution in [2.75, 3.05) is 16.4 Å². The number of ketones is 1. The fourth-order valence-corrected chi connectivity index (χ4v) is 6.88. The van der Waals surface area contributed by atoms with Gasteiger partial charge in [-0.3, -0.25) is 9.59 Å². The predicted molar refractivity (Wildman–Crippen MR) is 100 cm³/mol. The molecule has 0 aromatic heterocycles. The number of carbonyl (C=O) groups excluding carboxylic acids is 2. The average Bonchev–Trinajstić information content (AvgIpc) is 2.98. The summed E-state index contributed by atoms with van der Waals surface area (Å²) in [4.78, 5) is 29.8. The van der Waals surface area contributed by atoms with Crippen molar-refractivity contribution < 1.29 is 18.0 Å². The van der Waals surface area contributed by atoms with Crippen LogP contribution < -0.4 is 4.90 Å². The van der Waals surface area contributed by atoms with E-state index in [1.165, 1.54) is 18.7 Å². The number of amides is 1. The van der Waals surface area contributed by atoms with Crippen LogP contribution in [0, 0.1) is 5.92 Å². The maximum absolute atomic E-state index is 12.1. The third-order valence-electron chi connectivity index (χ3n) is 4.30. The van der Waals surface area contributed by atoms with Gasteiger partial charge in [0.15, 0.2) is 20.8 Å². The number of hydrogen-bond acceptors (Lipinski definition) is 5. The van der Waals surface area contributed by atoms with E-state index in [1.54, 1.807) is 32.0 Å². The van der Waals surface area contributed by atoms with Gasteiger partial charge in [0.2, 0.25) is 0 Å². The molecule has 0 N–H and O–H groups in total. The summed E-state index contributed by atoms with van der Waals surface area (Å²) in [5, 5.41) is 0.369. The number of carbonyl (C=O) groups is 2. The largest absolute Gasteiger partial charge is 0.316 e. The summed E-state index contributed by atoms with van der Waals surface area (Å²) in [6, 6.07) is 6.75. The Morgan fingerprint density at radius 1 is 1.28 bits per heavy atom. The highest BCUT2D eigenvalue weighted by atomic mass is 32.2. The number of rotatable bonds is 3. The van der Waals surface area contributed by atoms with Crippen molar-refractivity contribution in [3.63, 3.8) is 0 Å². The smallest absolute Gasteiger partial charge is 0.250 e. The van der Waals surface area contributed by atoms with Crippen LogP contribution in [0.5, 0.6) is 0 Å². The number of benzene rings is 1. The van der Waals surface area contributed by atoms with Crippen molar-refractivity contribution in [3.8, 4) is 0 Å². The second-order valence-corrected chi connectivity index (χ2v) is 10.0. The van der Waals surface area contributed by atoms with Gasteiger partial charge in [0, 0.05) is 22.4 Å². The zero-order valence-electron chi connectivity index (χ0n) is 14.3. The van der Waals surface area contributed by atoms with Crippen molar-refractivity contribution in [2.45, 2.75) is 32.1 Å². The highest BCUT2D eigenvalue weighted by Gasteiger charge is 2.49. The number of thioether (sulfide) groups is 1. The van der Waals surface area contributed by atoms with Gasteiger partial charge < -0.3 is 4.90 Å². The van der Waals surface area contributed by atoms with Gasteiger partial charge in [-0.15, -0.1) is 0 Å². The summed E-state index contributed by atoms with van der Waals surface area (Å²) in [5.74, 6) is -0.425. The van der Waals surface area contributed by atoms with Crippen molar-refractivity contribution in [2.24, 2.45) is 10.9 Å². The molecule has 134 valence electrons. The minimum Gasteiger partial charge on any atom is -0.316 e. The molecular formula is C17H20N2O4S2. The molecule has 2 heterocycles. The first-order valence-electron chi connectivity index (χ1n) is 8.08.